The molecule has 2 rings (SSSR count). The van der Waals surface area contributed by atoms with Crippen LogP contribution in [0.4, 0.5) is 0 Å². The van der Waals surface area contributed by atoms with E-state index in [4.69, 9.17) is 16.3 Å². The molecule has 2 aromatic rings. The molecule has 6 heteroatoms. The van der Waals surface area contributed by atoms with E-state index >= 15 is 0 Å². The number of allylic oxidation sites excluding steroid dienone is 1. The molecule has 5 nitrogen and oxygen atoms in total. The van der Waals surface area contributed by atoms with Gasteiger partial charge in [-0.25, -0.2) is 9.67 Å². The van der Waals surface area contributed by atoms with E-state index in [0.717, 1.165) is 5.56 Å². The summed E-state index contributed by atoms with van der Waals surface area (Å²) >= 11 is 5.93. The standard InChI is InChI=1S/C14H14ClN3O2/c1-20-9-13(19)6-3-7-18-10-16-14(17-18)11-4-2-5-12(15)8-11/h2-6,8,10H,7,9H2,1H3/b6-3-. The largest absolute Gasteiger partial charge is 0.377 e. The SMILES string of the molecule is COCC(=O)/C=C\Cn1cnc(-c2cccc(Cl)c2)n1. The zero-order chi connectivity index (χ0) is 14.4. The molecule has 20 heavy (non-hydrogen) atoms. The van der Waals surface area contributed by atoms with Crippen LogP contribution in [0.3, 0.4) is 0 Å². The van der Waals surface area contributed by atoms with Crippen LogP contribution in [-0.4, -0.2) is 34.3 Å². The lowest BCUT2D eigenvalue weighted by Gasteiger charge is -1.96. The molecule has 0 N–H and O–H groups in total. The number of hydrogen-bond acceptors (Lipinski definition) is 4. The molecular formula is C14H14ClN3O2. The maximum Gasteiger partial charge on any atom is 0.181 e. The summed E-state index contributed by atoms with van der Waals surface area (Å²) in [5.41, 5.74) is 0.857. The Bertz CT molecular complexity index is 622. The minimum absolute atomic E-state index is 0.0809. The van der Waals surface area contributed by atoms with Gasteiger partial charge in [0.1, 0.15) is 12.9 Å². The molecule has 0 aliphatic heterocycles. The van der Waals surface area contributed by atoms with Crippen molar-refractivity contribution < 1.29 is 9.53 Å². The third-order valence-electron chi connectivity index (χ3n) is 2.50. The topological polar surface area (TPSA) is 57.0 Å². The Balaban J connectivity index is 2.01. The van der Waals surface area contributed by atoms with Crippen molar-refractivity contribution in [3.63, 3.8) is 0 Å². The van der Waals surface area contributed by atoms with Crippen LogP contribution in [-0.2, 0) is 16.1 Å². The van der Waals surface area contributed by atoms with Crippen molar-refractivity contribution in [1.29, 1.82) is 0 Å². The highest BCUT2D eigenvalue weighted by Crippen LogP contribution is 2.18. The molecule has 0 aliphatic carbocycles. The van der Waals surface area contributed by atoms with E-state index in [1.165, 1.54) is 13.2 Å². The number of aromatic nitrogens is 3. The predicted molar refractivity (Wildman–Crippen MR) is 76.5 cm³/mol. The minimum Gasteiger partial charge on any atom is -0.377 e. The number of rotatable bonds is 6. The van der Waals surface area contributed by atoms with Gasteiger partial charge in [0.05, 0.1) is 6.54 Å². The third-order valence-corrected chi connectivity index (χ3v) is 2.74. The molecule has 1 heterocycles. The molecule has 0 saturated carbocycles. The van der Waals surface area contributed by atoms with Gasteiger partial charge in [-0.3, -0.25) is 4.79 Å². The second-order valence-corrected chi connectivity index (χ2v) is 4.54. The highest BCUT2D eigenvalue weighted by atomic mass is 35.5. The van der Waals surface area contributed by atoms with E-state index in [2.05, 4.69) is 10.1 Å². The van der Waals surface area contributed by atoms with Gasteiger partial charge in [0.25, 0.3) is 0 Å². The molecule has 0 unspecified atom stereocenters. The fraction of sp³-hybridized carbons (Fsp3) is 0.214. The first-order valence-electron chi connectivity index (χ1n) is 6.03. The lowest BCUT2D eigenvalue weighted by Crippen LogP contribution is -2.03. The van der Waals surface area contributed by atoms with Crippen molar-refractivity contribution in [3.05, 3.63) is 47.8 Å². The van der Waals surface area contributed by atoms with Gasteiger partial charge in [-0.05, 0) is 18.2 Å². The summed E-state index contributed by atoms with van der Waals surface area (Å²) in [5.74, 6) is 0.520. The number of nitrogens with zero attached hydrogens (tertiary/aromatic N) is 3. The van der Waals surface area contributed by atoms with Crippen LogP contribution < -0.4 is 0 Å². The zero-order valence-electron chi connectivity index (χ0n) is 11.0. The van der Waals surface area contributed by atoms with Gasteiger partial charge < -0.3 is 4.74 Å². The van der Waals surface area contributed by atoms with Gasteiger partial charge in [-0.15, -0.1) is 0 Å². The Hall–Kier alpha value is -1.98. The molecule has 0 aliphatic rings. The van der Waals surface area contributed by atoms with Crippen LogP contribution in [0, 0.1) is 0 Å². The number of hydrogen-bond donors (Lipinski definition) is 0. The maximum atomic E-state index is 11.2. The monoisotopic (exact) mass is 291 g/mol. The molecule has 0 spiro atoms. The molecule has 1 aromatic heterocycles. The maximum absolute atomic E-state index is 11.2. The number of carbonyl (C=O) groups is 1. The molecule has 0 bridgehead atoms. The highest BCUT2D eigenvalue weighted by Gasteiger charge is 2.04. The average molecular weight is 292 g/mol. The third kappa shape index (κ3) is 4.01. The van der Waals surface area contributed by atoms with Crippen molar-refractivity contribution in [3.8, 4) is 11.4 Å². The van der Waals surface area contributed by atoms with Gasteiger partial charge >= 0.3 is 0 Å². The average Bonchev–Trinajstić information content (AvgIpc) is 2.88. The zero-order valence-corrected chi connectivity index (χ0v) is 11.7. The van der Waals surface area contributed by atoms with Gasteiger partial charge in [0.2, 0.25) is 0 Å². The molecule has 0 fully saturated rings. The molecule has 0 saturated heterocycles. The summed E-state index contributed by atoms with van der Waals surface area (Å²) < 4.78 is 6.38. The summed E-state index contributed by atoms with van der Waals surface area (Å²) in [6.07, 6.45) is 4.81. The van der Waals surface area contributed by atoms with Crippen molar-refractivity contribution in [2.45, 2.75) is 6.54 Å². The predicted octanol–water partition coefficient (Wildman–Crippen LogP) is 2.37. The van der Waals surface area contributed by atoms with Crippen LogP contribution in [0.1, 0.15) is 0 Å². The first-order chi connectivity index (χ1) is 9.69. The number of carbonyl (C=O) groups excluding carboxylic acids is 1. The Kier molecular flexibility index (Phi) is 5.03. The minimum atomic E-state index is -0.0809. The molecular weight excluding hydrogens is 278 g/mol. The van der Waals surface area contributed by atoms with Crippen LogP contribution in [0.15, 0.2) is 42.7 Å². The van der Waals surface area contributed by atoms with Crippen LogP contribution in [0.2, 0.25) is 5.02 Å². The van der Waals surface area contributed by atoms with Gasteiger partial charge in [-0.2, -0.15) is 5.10 Å². The fourth-order valence-electron chi connectivity index (χ4n) is 1.62. The van der Waals surface area contributed by atoms with Crippen LogP contribution in [0.5, 0.6) is 0 Å². The van der Waals surface area contributed by atoms with Gasteiger partial charge in [-0.1, -0.05) is 29.8 Å². The van der Waals surface area contributed by atoms with Crippen molar-refractivity contribution in [1.82, 2.24) is 14.8 Å². The van der Waals surface area contributed by atoms with Crippen molar-refractivity contribution in [2.75, 3.05) is 13.7 Å². The Morgan fingerprint density at radius 3 is 3.10 bits per heavy atom. The van der Waals surface area contributed by atoms with Crippen LogP contribution >= 0.6 is 11.6 Å². The Morgan fingerprint density at radius 1 is 1.50 bits per heavy atom. The summed E-state index contributed by atoms with van der Waals surface area (Å²) in [6.45, 7) is 0.560. The van der Waals surface area contributed by atoms with E-state index in [1.807, 2.05) is 12.1 Å². The number of methoxy groups -OCH3 is 1. The van der Waals surface area contributed by atoms with Crippen molar-refractivity contribution in [2.24, 2.45) is 0 Å². The number of ether oxygens (including phenoxy) is 1. The number of halogens is 1. The van der Waals surface area contributed by atoms with Gasteiger partial charge in [0, 0.05) is 17.7 Å². The summed E-state index contributed by atoms with van der Waals surface area (Å²) in [6, 6.07) is 7.34. The normalized spacial score (nSPS) is 11.1. The van der Waals surface area contributed by atoms with E-state index in [0.29, 0.717) is 17.4 Å². The molecule has 0 atom stereocenters. The summed E-state index contributed by atoms with van der Waals surface area (Å²) in [7, 11) is 1.49. The van der Waals surface area contributed by atoms with Crippen LogP contribution in [0.25, 0.3) is 11.4 Å². The molecule has 1 aromatic carbocycles. The number of benzene rings is 1. The Labute approximate surface area is 121 Å². The lowest BCUT2D eigenvalue weighted by atomic mass is 10.2. The summed E-state index contributed by atoms with van der Waals surface area (Å²) in [5, 5.41) is 4.96. The van der Waals surface area contributed by atoms with E-state index in [9.17, 15) is 4.79 Å². The highest BCUT2D eigenvalue weighted by molar-refractivity contribution is 6.30. The molecule has 0 amide bonds. The van der Waals surface area contributed by atoms with E-state index < -0.39 is 0 Å². The van der Waals surface area contributed by atoms with E-state index in [1.54, 1.807) is 29.2 Å². The lowest BCUT2D eigenvalue weighted by molar-refractivity contribution is -0.118. The summed E-state index contributed by atoms with van der Waals surface area (Å²) in [4.78, 5) is 15.4. The second kappa shape index (κ2) is 6.98. The first kappa shape index (κ1) is 14.4. The van der Waals surface area contributed by atoms with Gasteiger partial charge in [0.15, 0.2) is 11.6 Å². The van der Waals surface area contributed by atoms with E-state index in [-0.39, 0.29) is 12.4 Å². The number of ketones is 1. The second-order valence-electron chi connectivity index (χ2n) is 4.10. The first-order valence-corrected chi connectivity index (χ1v) is 6.40. The molecule has 104 valence electrons. The molecule has 0 radical (unpaired) electrons. The van der Waals surface area contributed by atoms with Crippen molar-refractivity contribution >= 4 is 17.4 Å². The smallest absolute Gasteiger partial charge is 0.181 e. The quantitative estimate of drug-likeness (QED) is 0.767. The fourth-order valence-corrected chi connectivity index (χ4v) is 1.82. The Morgan fingerprint density at radius 2 is 2.35 bits per heavy atom.